The van der Waals surface area contributed by atoms with Crippen molar-refractivity contribution < 1.29 is 18.8 Å². The van der Waals surface area contributed by atoms with Crippen molar-refractivity contribution in [2.75, 3.05) is 18.5 Å². The first-order valence-corrected chi connectivity index (χ1v) is 7.44. The highest BCUT2D eigenvalue weighted by Gasteiger charge is 2.14. The maximum atomic E-state index is 11.3. The van der Waals surface area contributed by atoms with Gasteiger partial charge in [0, 0.05) is 5.33 Å². The van der Waals surface area contributed by atoms with E-state index in [1.54, 1.807) is 13.0 Å². The van der Waals surface area contributed by atoms with Gasteiger partial charge in [0.2, 0.25) is 11.6 Å². The molecule has 0 aliphatic carbocycles. The monoisotopic (exact) mass is 359 g/mol. The van der Waals surface area contributed by atoms with Crippen molar-refractivity contribution in [3.63, 3.8) is 0 Å². The van der Waals surface area contributed by atoms with E-state index in [0.29, 0.717) is 24.9 Å². The number of rotatable bonds is 8. The predicted octanol–water partition coefficient (Wildman–Crippen LogP) is 1.05. The summed E-state index contributed by atoms with van der Waals surface area (Å²) in [5.41, 5.74) is 0. The van der Waals surface area contributed by atoms with Gasteiger partial charge in [-0.1, -0.05) is 15.9 Å². The van der Waals surface area contributed by atoms with Gasteiger partial charge < -0.3 is 14.0 Å². The van der Waals surface area contributed by atoms with Crippen molar-refractivity contribution in [1.29, 1.82) is 0 Å². The Morgan fingerprint density at radius 2 is 2.38 bits per heavy atom. The molecule has 2 aromatic heterocycles. The van der Waals surface area contributed by atoms with Crippen LogP contribution in [0.1, 0.15) is 13.3 Å². The van der Waals surface area contributed by atoms with Crippen molar-refractivity contribution >= 4 is 21.9 Å². The van der Waals surface area contributed by atoms with E-state index in [2.05, 4.69) is 36.5 Å². The predicted molar refractivity (Wildman–Crippen MR) is 73.9 cm³/mol. The van der Waals surface area contributed by atoms with E-state index in [1.165, 1.54) is 0 Å². The van der Waals surface area contributed by atoms with Crippen LogP contribution in [0.15, 0.2) is 10.6 Å². The van der Waals surface area contributed by atoms with E-state index in [0.717, 1.165) is 16.5 Å². The van der Waals surface area contributed by atoms with Gasteiger partial charge in [-0.05, 0) is 23.7 Å². The number of alkyl halides is 1. The molecule has 21 heavy (non-hydrogen) atoms. The second kappa shape index (κ2) is 7.72. The lowest BCUT2D eigenvalue weighted by atomic mass is 10.4. The smallest absolute Gasteiger partial charge is 0.329 e. The highest BCUT2D eigenvalue weighted by Crippen LogP contribution is 2.19. The van der Waals surface area contributed by atoms with Crippen molar-refractivity contribution in [3.05, 3.63) is 6.07 Å². The molecule has 0 N–H and O–H groups in total. The molecule has 0 aliphatic rings. The number of hydrogen-bond acceptors (Lipinski definition) is 8. The van der Waals surface area contributed by atoms with Crippen molar-refractivity contribution in [3.8, 4) is 17.5 Å². The van der Waals surface area contributed by atoms with E-state index < -0.39 is 5.97 Å². The largest absolute Gasteiger partial charge is 0.475 e. The van der Waals surface area contributed by atoms with Crippen LogP contribution >= 0.6 is 15.9 Å². The minimum atomic E-state index is -0.433. The lowest BCUT2D eigenvalue weighted by Crippen LogP contribution is -2.15. The Kier molecular flexibility index (Phi) is 5.67. The number of esters is 1. The Hall–Kier alpha value is -1.97. The number of carbonyl (C=O) groups excluding carboxylic acids is 1. The van der Waals surface area contributed by atoms with Gasteiger partial charge in [-0.15, -0.1) is 10.2 Å². The van der Waals surface area contributed by atoms with E-state index in [-0.39, 0.29) is 12.4 Å². The minimum Gasteiger partial charge on any atom is -0.475 e. The van der Waals surface area contributed by atoms with E-state index in [4.69, 9.17) is 14.0 Å². The zero-order valence-electron chi connectivity index (χ0n) is 11.4. The molecule has 9 nitrogen and oxygen atoms in total. The zero-order chi connectivity index (χ0) is 15.1. The van der Waals surface area contributed by atoms with Gasteiger partial charge in [0.05, 0.1) is 19.3 Å². The molecule has 0 amide bonds. The summed E-state index contributed by atoms with van der Waals surface area (Å²) in [4.78, 5) is 12.4. The van der Waals surface area contributed by atoms with Crippen molar-refractivity contribution in [2.45, 2.75) is 19.9 Å². The summed E-state index contributed by atoms with van der Waals surface area (Å²) in [6.07, 6.45) is 0.857. The molecule has 2 heterocycles. The van der Waals surface area contributed by atoms with Gasteiger partial charge in [0.15, 0.2) is 6.54 Å². The topological polar surface area (TPSA) is 105 Å². The molecule has 2 aromatic rings. The Morgan fingerprint density at radius 1 is 1.52 bits per heavy atom. The van der Waals surface area contributed by atoms with Crippen LogP contribution in [0.3, 0.4) is 0 Å². The standard InChI is InChI=1S/C11H14BrN5O4/c1-2-19-10(18)7-17-14-11(13-16-17)8-6-9(15-21-8)20-5-3-4-12/h6H,2-5,7H2,1H3. The third-order valence-corrected chi connectivity index (χ3v) is 2.83. The molecule has 10 heteroatoms. The molecule has 0 unspecified atom stereocenters. The number of aromatic nitrogens is 5. The average molecular weight is 360 g/mol. The van der Waals surface area contributed by atoms with E-state index >= 15 is 0 Å². The molecule has 0 atom stereocenters. The van der Waals surface area contributed by atoms with Crippen LogP contribution in [0.4, 0.5) is 0 Å². The fourth-order valence-corrected chi connectivity index (χ4v) is 1.62. The van der Waals surface area contributed by atoms with Gasteiger partial charge in [0.25, 0.3) is 5.88 Å². The molecule has 0 bridgehead atoms. The average Bonchev–Trinajstić information content (AvgIpc) is 3.08. The van der Waals surface area contributed by atoms with Gasteiger partial charge >= 0.3 is 5.97 Å². The SMILES string of the molecule is CCOC(=O)Cn1nnc(-c2cc(OCCCBr)no2)n1. The molecular formula is C11H14BrN5O4. The number of ether oxygens (including phenoxy) is 2. The van der Waals surface area contributed by atoms with Crippen LogP contribution in [-0.2, 0) is 16.1 Å². The van der Waals surface area contributed by atoms with Crippen LogP contribution in [0, 0.1) is 0 Å². The minimum absolute atomic E-state index is 0.108. The summed E-state index contributed by atoms with van der Waals surface area (Å²) >= 11 is 3.31. The van der Waals surface area contributed by atoms with Gasteiger partial charge in [0.1, 0.15) is 0 Å². The maximum Gasteiger partial charge on any atom is 0.329 e. The molecule has 2 rings (SSSR count). The van der Waals surface area contributed by atoms with Crippen LogP contribution in [-0.4, -0.2) is 49.9 Å². The quantitative estimate of drug-likeness (QED) is 0.391. The van der Waals surface area contributed by atoms with Crippen LogP contribution in [0.5, 0.6) is 5.88 Å². The van der Waals surface area contributed by atoms with Crippen LogP contribution < -0.4 is 4.74 Å². The second-order valence-corrected chi connectivity index (χ2v) is 4.66. The van der Waals surface area contributed by atoms with E-state index in [9.17, 15) is 4.79 Å². The Labute approximate surface area is 128 Å². The van der Waals surface area contributed by atoms with Crippen molar-refractivity contribution in [2.24, 2.45) is 0 Å². The first-order chi connectivity index (χ1) is 10.2. The normalized spacial score (nSPS) is 10.6. The zero-order valence-corrected chi connectivity index (χ0v) is 12.9. The molecule has 0 saturated heterocycles. The highest BCUT2D eigenvalue weighted by molar-refractivity contribution is 9.09. The molecule has 0 radical (unpaired) electrons. The number of carbonyl (C=O) groups is 1. The number of nitrogens with zero attached hydrogens (tertiary/aromatic N) is 5. The van der Waals surface area contributed by atoms with Crippen LogP contribution in [0.25, 0.3) is 11.6 Å². The van der Waals surface area contributed by atoms with E-state index in [1.807, 2.05) is 0 Å². The molecule has 0 aliphatic heterocycles. The van der Waals surface area contributed by atoms with Gasteiger partial charge in [-0.3, -0.25) is 0 Å². The molecule has 114 valence electrons. The fraction of sp³-hybridized carbons (Fsp3) is 0.545. The maximum absolute atomic E-state index is 11.3. The molecule has 0 fully saturated rings. The third-order valence-electron chi connectivity index (χ3n) is 2.27. The fourth-order valence-electron chi connectivity index (χ4n) is 1.39. The van der Waals surface area contributed by atoms with Gasteiger partial charge in [-0.2, -0.15) is 4.80 Å². The first-order valence-electron chi connectivity index (χ1n) is 6.32. The Balaban J connectivity index is 1.96. The first kappa shape index (κ1) is 15.4. The van der Waals surface area contributed by atoms with Crippen LogP contribution in [0.2, 0.25) is 0 Å². The molecule has 0 aromatic carbocycles. The second-order valence-electron chi connectivity index (χ2n) is 3.87. The Bertz CT molecular complexity index is 585. The number of tetrazole rings is 1. The lowest BCUT2D eigenvalue weighted by molar-refractivity contribution is -0.144. The number of hydrogen-bond donors (Lipinski definition) is 0. The van der Waals surface area contributed by atoms with Crippen molar-refractivity contribution in [1.82, 2.24) is 25.4 Å². The Morgan fingerprint density at radius 3 is 3.14 bits per heavy atom. The summed E-state index contributed by atoms with van der Waals surface area (Å²) in [5.74, 6) is 0.464. The molecule has 0 spiro atoms. The summed E-state index contributed by atoms with van der Waals surface area (Å²) in [7, 11) is 0. The third kappa shape index (κ3) is 4.52. The summed E-state index contributed by atoms with van der Waals surface area (Å²) in [6.45, 7) is 2.45. The summed E-state index contributed by atoms with van der Waals surface area (Å²) < 4.78 is 15.2. The molecular weight excluding hydrogens is 346 g/mol. The van der Waals surface area contributed by atoms with Gasteiger partial charge in [-0.25, -0.2) is 4.79 Å². The highest BCUT2D eigenvalue weighted by atomic mass is 79.9. The molecule has 0 saturated carbocycles. The summed E-state index contributed by atoms with van der Waals surface area (Å²) in [6, 6.07) is 1.57. The summed E-state index contributed by atoms with van der Waals surface area (Å²) in [5, 5.41) is 16.1. The lowest BCUT2D eigenvalue weighted by Gasteiger charge is -1.98. The number of halogens is 1.